The van der Waals surface area contributed by atoms with Crippen molar-refractivity contribution in [2.24, 2.45) is 5.92 Å². The fourth-order valence-corrected chi connectivity index (χ4v) is 2.51. The highest BCUT2D eigenvalue weighted by Crippen LogP contribution is 2.29. The highest BCUT2D eigenvalue weighted by Gasteiger charge is 2.22. The lowest BCUT2D eigenvalue weighted by Crippen LogP contribution is -2.20. The van der Waals surface area contributed by atoms with Gasteiger partial charge in [-0.05, 0) is 50.3 Å². The number of allylic oxidation sites excluding steroid dienone is 5. The monoisotopic (exact) mass is 282 g/mol. The maximum absolute atomic E-state index is 6.24. The fourth-order valence-electron chi connectivity index (χ4n) is 2.51. The summed E-state index contributed by atoms with van der Waals surface area (Å²) in [5, 5.41) is 0. The van der Waals surface area contributed by atoms with Crippen LogP contribution in [0.2, 0.25) is 0 Å². The Morgan fingerprint density at radius 3 is 2.52 bits per heavy atom. The van der Waals surface area contributed by atoms with E-state index in [1.54, 1.807) is 0 Å². The van der Waals surface area contributed by atoms with Gasteiger partial charge in [-0.2, -0.15) is 0 Å². The first kappa shape index (κ1) is 15.6. The molecule has 0 aliphatic heterocycles. The summed E-state index contributed by atoms with van der Waals surface area (Å²) >= 11 is 0. The summed E-state index contributed by atoms with van der Waals surface area (Å²) in [5.41, 5.74) is 2.34. The molecule has 0 saturated heterocycles. The summed E-state index contributed by atoms with van der Waals surface area (Å²) in [6.07, 6.45) is 10.8. The topological polar surface area (TPSA) is 9.23 Å². The summed E-state index contributed by atoms with van der Waals surface area (Å²) in [5.74, 6) is 1.56. The van der Waals surface area contributed by atoms with E-state index in [1.807, 2.05) is 6.07 Å². The summed E-state index contributed by atoms with van der Waals surface area (Å²) in [6, 6.07) is 10.4. The second-order valence-electron chi connectivity index (χ2n) is 6.20. The molecular formula is C20H26O. The van der Waals surface area contributed by atoms with Gasteiger partial charge in [-0.15, -0.1) is 0 Å². The molecule has 0 N–H and O–H groups in total. The van der Waals surface area contributed by atoms with E-state index >= 15 is 0 Å². The van der Waals surface area contributed by atoms with Crippen molar-refractivity contribution < 1.29 is 4.74 Å². The summed E-state index contributed by atoms with van der Waals surface area (Å²) < 4.78 is 6.24. The molecule has 0 amide bonds. The minimum absolute atomic E-state index is 0.327. The minimum atomic E-state index is -0.327. The van der Waals surface area contributed by atoms with Crippen LogP contribution in [0.3, 0.4) is 0 Å². The smallest absolute Gasteiger partial charge is 0.128 e. The number of rotatable bonds is 5. The van der Waals surface area contributed by atoms with Crippen molar-refractivity contribution in [1.29, 1.82) is 0 Å². The first-order valence-electron chi connectivity index (χ1n) is 7.84. The van der Waals surface area contributed by atoms with Gasteiger partial charge in [-0.25, -0.2) is 0 Å². The number of hydrogen-bond donors (Lipinski definition) is 0. The lowest BCUT2D eigenvalue weighted by atomic mass is 9.96. The first-order valence-corrected chi connectivity index (χ1v) is 7.84. The van der Waals surface area contributed by atoms with Gasteiger partial charge >= 0.3 is 0 Å². The van der Waals surface area contributed by atoms with Crippen LogP contribution in [0.1, 0.15) is 46.1 Å². The van der Waals surface area contributed by atoms with E-state index in [2.05, 4.69) is 76.3 Å². The van der Waals surface area contributed by atoms with Crippen LogP contribution in [-0.4, -0.2) is 0 Å². The predicted octanol–water partition coefficient (Wildman–Crippen LogP) is 5.75. The van der Waals surface area contributed by atoms with Crippen LogP contribution >= 0.6 is 0 Å². The highest BCUT2D eigenvalue weighted by atomic mass is 16.5. The van der Waals surface area contributed by atoms with Crippen LogP contribution in [0, 0.1) is 5.92 Å². The van der Waals surface area contributed by atoms with E-state index in [0.29, 0.717) is 5.92 Å². The second kappa shape index (κ2) is 6.80. The van der Waals surface area contributed by atoms with Gasteiger partial charge in [0.25, 0.3) is 0 Å². The van der Waals surface area contributed by atoms with Crippen molar-refractivity contribution in [3.63, 3.8) is 0 Å². The zero-order chi connectivity index (χ0) is 15.3. The van der Waals surface area contributed by atoms with Gasteiger partial charge in [0.1, 0.15) is 11.4 Å². The van der Waals surface area contributed by atoms with Gasteiger partial charge < -0.3 is 4.74 Å². The predicted molar refractivity (Wildman–Crippen MR) is 89.9 cm³/mol. The Labute approximate surface area is 129 Å². The molecule has 0 aromatic heterocycles. The average molecular weight is 282 g/mol. The van der Waals surface area contributed by atoms with E-state index in [9.17, 15) is 0 Å². The molecular weight excluding hydrogens is 256 g/mol. The van der Waals surface area contributed by atoms with Crippen molar-refractivity contribution >= 4 is 0 Å². The lowest BCUT2D eigenvalue weighted by Gasteiger charge is -2.27. The Bertz CT molecular complexity index is 546. The van der Waals surface area contributed by atoms with Crippen molar-refractivity contribution in [3.8, 4) is 0 Å². The van der Waals surface area contributed by atoms with E-state index in [0.717, 1.165) is 12.2 Å². The molecule has 0 bridgehead atoms. The Kier molecular flexibility index (Phi) is 5.06. The maximum Gasteiger partial charge on any atom is 0.128 e. The number of benzene rings is 1. The SMILES string of the molecule is CCC(C)C1=CC=C(OC(C)(C)c2ccccc2)C=CC1. The van der Waals surface area contributed by atoms with Crippen molar-refractivity contribution in [2.45, 2.75) is 46.1 Å². The summed E-state index contributed by atoms with van der Waals surface area (Å²) in [6.45, 7) is 8.75. The molecule has 0 spiro atoms. The van der Waals surface area contributed by atoms with Gasteiger partial charge in [-0.1, -0.05) is 61.9 Å². The van der Waals surface area contributed by atoms with Crippen molar-refractivity contribution in [3.05, 3.63) is 71.5 Å². The molecule has 0 radical (unpaired) electrons. The molecule has 0 heterocycles. The molecule has 112 valence electrons. The third-order valence-corrected chi connectivity index (χ3v) is 4.18. The van der Waals surface area contributed by atoms with E-state index in [1.165, 1.54) is 17.6 Å². The molecule has 1 aromatic rings. The zero-order valence-corrected chi connectivity index (χ0v) is 13.6. The molecule has 2 rings (SSSR count). The second-order valence-corrected chi connectivity index (χ2v) is 6.20. The van der Waals surface area contributed by atoms with Crippen LogP contribution in [0.5, 0.6) is 0 Å². The van der Waals surface area contributed by atoms with Crippen molar-refractivity contribution in [2.75, 3.05) is 0 Å². The van der Waals surface area contributed by atoms with Crippen LogP contribution in [0.15, 0.2) is 66.0 Å². The zero-order valence-electron chi connectivity index (χ0n) is 13.6. The molecule has 1 heteroatoms. The third kappa shape index (κ3) is 4.10. The molecule has 1 atom stereocenters. The highest BCUT2D eigenvalue weighted by molar-refractivity contribution is 5.30. The van der Waals surface area contributed by atoms with Crippen molar-refractivity contribution in [1.82, 2.24) is 0 Å². The maximum atomic E-state index is 6.24. The van der Waals surface area contributed by atoms with Gasteiger partial charge in [-0.3, -0.25) is 0 Å². The normalized spacial score (nSPS) is 16.8. The number of hydrogen-bond acceptors (Lipinski definition) is 1. The van der Waals surface area contributed by atoms with E-state index < -0.39 is 0 Å². The lowest BCUT2D eigenvalue weighted by molar-refractivity contribution is 0.0391. The third-order valence-electron chi connectivity index (χ3n) is 4.18. The fraction of sp³-hybridized carbons (Fsp3) is 0.400. The van der Waals surface area contributed by atoms with Gasteiger partial charge in [0, 0.05) is 0 Å². The quantitative estimate of drug-likeness (QED) is 0.667. The minimum Gasteiger partial charge on any atom is -0.483 e. The molecule has 1 aliphatic rings. The van der Waals surface area contributed by atoms with Crippen LogP contribution in [0.4, 0.5) is 0 Å². The Morgan fingerprint density at radius 1 is 1.14 bits per heavy atom. The van der Waals surface area contributed by atoms with Gasteiger partial charge in [0.2, 0.25) is 0 Å². The van der Waals surface area contributed by atoms with Crippen LogP contribution < -0.4 is 0 Å². The summed E-state index contributed by atoms with van der Waals surface area (Å²) in [7, 11) is 0. The van der Waals surface area contributed by atoms with Crippen LogP contribution in [-0.2, 0) is 10.3 Å². The molecule has 1 nitrogen and oxygen atoms in total. The first-order chi connectivity index (χ1) is 10.0. The number of ether oxygens (including phenoxy) is 1. The Balaban J connectivity index is 2.16. The molecule has 1 aliphatic carbocycles. The molecule has 21 heavy (non-hydrogen) atoms. The van der Waals surface area contributed by atoms with Gasteiger partial charge in [0.05, 0.1) is 0 Å². The molecule has 1 aromatic carbocycles. The van der Waals surface area contributed by atoms with E-state index in [-0.39, 0.29) is 5.60 Å². The summed E-state index contributed by atoms with van der Waals surface area (Å²) in [4.78, 5) is 0. The molecule has 0 fully saturated rings. The molecule has 0 saturated carbocycles. The van der Waals surface area contributed by atoms with Gasteiger partial charge in [0.15, 0.2) is 0 Å². The average Bonchev–Trinajstić information content (AvgIpc) is 2.72. The Hall–Kier alpha value is -1.76. The molecule has 1 unspecified atom stereocenters. The Morgan fingerprint density at radius 2 is 1.86 bits per heavy atom. The largest absolute Gasteiger partial charge is 0.483 e. The standard InChI is InChI=1S/C20H26O/c1-5-16(2)17-10-9-13-19(15-14-17)21-20(3,4)18-11-7-6-8-12-18/h6-9,11-16H,5,10H2,1-4H3. The van der Waals surface area contributed by atoms with Crippen LogP contribution in [0.25, 0.3) is 0 Å². The van der Waals surface area contributed by atoms with E-state index in [4.69, 9.17) is 4.74 Å².